The molecule has 0 amide bonds. The molecule has 1 aromatic heterocycles. The maximum atomic E-state index is 14.4. The number of rotatable bonds is 2. The zero-order valence-electron chi connectivity index (χ0n) is 13.1. The number of hydrogen-bond acceptors (Lipinski definition) is 2. The molecule has 0 unspecified atom stereocenters. The summed E-state index contributed by atoms with van der Waals surface area (Å²) < 4.78 is 16.5. The predicted octanol–water partition coefficient (Wildman–Crippen LogP) is 4.58. The minimum atomic E-state index is -0.289. The number of nitrogens with zero attached hydrogens (tertiary/aromatic N) is 3. The van der Waals surface area contributed by atoms with Crippen LogP contribution >= 0.6 is 11.6 Å². The van der Waals surface area contributed by atoms with Gasteiger partial charge < -0.3 is 0 Å². The highest BCUT2D eigenvalue weighted by molar-refractivity contribution is 6.31. The molecule has 1 aliphatic heterocycles. The average molecular weight is 340 g/mol. The molecule has 0 fully saturated rings. The van der Waals surface area contributed by atoms with E-state index in [1.165, 1.54) is 6.07 Å². The Morgan fingerprint density at radius 3 is 2.79 bits per heavy atom. The molecule has 0 N–H and O–H groups in total. The number of halogens is 2. The van der Waals surface area contributed by atoms with Gasteiger partial charge in [0.1, 0.15) is 11.6 Å². The molecule has 24 heavy (non-hydrogen) atoms. The highest BCUT2D eigenvalue weighted by Crippen LogP contribution is 2.29. The van der Waals surface area contributed by atoms with E-state index in [0.29, 0.717) is 22.8 Å². The van der Waals surface area contributed by atoms with E-state index in [0.717, 1.165) is 29.2 Å². The molecule has 4 rings (SSSR count). The number of aryl methyl sites for hydroxylation is 1. The Kier molecular flexibility index (Phi) is 3.69. The Morgan fingerprint density at radius 1 is 1.17 bits per heavy atom. The van der Waals surface area contributed by atoms with Gasteiger partial charge in [-0.3, -0.25) is 9.56 Å². The van der Waals surface area contributed by atoms with Crippen molar-refractivity contribution in [3.05, 3.63) is 82.1 Å². The van der Waals surface area contributed by atoms with E-state index in [1.807, 2.05) is 30.5 Å². The van der Waals surface area contributed by atoms with Crippen molar-refractivity contribution >= 4 is 17.3 Å². The van der Waals surface area contributed by atoms with Gasteiger partial charge in [-0.2, -0.15) is 0 Å². The van der Waals surface area contributed by atoms with Crippen molar-refractivity contribution in [3.63, 3.8) is 0 Å². The fraction of sp³-hybridized carbons (Fsp3) is 0.158. The van der Waals surface area contributed by atoms with Crippen LogP contribution in [-0.2, 0) is 13.0 Å². The number of hydrogen-bond donors (Lipinski definition) is 0. The summed E-state index contributed by atoms with van der Waals surface area (Å²) in [6, 6.07) is 12.3. The molecule has 2 heterocycles. The zero-order valence-corrected chi connectivity index (χ0v) is 13.9. The molecule has 0 atom stereocenters. The van der Waals surface area contributed by atoms with Crippen molar-refractivity contribution in [2.75, 3.05) is 0 Å². The zero-order chi connectivity index (χ0) is 16.7. The molecule has 0 saturated heterocycles. The van der Waals surface area contributed by atoms with Gasteiger partial charge in [0.15, 0.2) is 0 Å². The number of fused-ring (bicyclic) bond motifs is 3. The summed E-state index contributed by atoms with van der Waals surface area (Å²) in [7, 11) is 0. The van der Waals surface area contributed by atoms with Crippen LogP contribution in [0, 0.1) is 5.82 Å². The summed E-state index contributed by atoms with van der Waals surface area (Å²) in [5.74, 6) is 0.668. The first-order chi connectivity index (χ1) is 11.7. The first-order valence-electron chi connectivity index (χ1n) is 7.84. The number of aromatic nitrogens is 2. The molecular weight excluding hydrogens is 325 g/mol. The lowest BCUT2D eigenvalue weighted by Gasteiger charge is -2.14. The van der Waals surface area contributed by atoms with Crippen LogP contribution in [0.3, 0.4) is 0 Å². The lowest BCUT2D eigenvalue weighted by Crippen LogP contribution is -2.10. The fourth-order valence-electron chi connectivity index (χ4n) is 3.11. The van der Waals surface area contributed by atoms with E-state index in [9.17, 15) is 4.39 Å². The van der Waals surface area contributed by atoms with Crippen LogP contribution in [-0.4, -0.2) is 15.3 Å². The molecule has 0 bridgehead atoms. The van der Waals surface area contributed by atoms with Crippen LogP contribution in [0.4, 0.5) is 4.39 Å². The van der Waals surface area contributed by atoms with Crippen molar-refractivity contribution in [2.24, 2.45) is 4.99 Å². The molecular formula is C19H15ClFN3. The summed E-state index contributed by atoms with van der Waals surface area (Å²) in [6.07, 6.45) is 2.64. The number of benzene rings is 2. The summed E-state index contributed by atoms with van der Waals surface area (Å²) in [5.41, 5.74) is 3.85. The lowest BCUT2D eigenvalue weighted by molar-refractivity contribution is 0.625. The third-order valence-corrected chi connectivity index (χ3v) is 4.44. The molecule has 120 valence electrons. The molecule has 0 aliphatic carbocycles. The Labute approximate surface area is 144 Å². The van der Waals surface area contributed by atoms with Gasteiger partial charge in [0.25, 0.3) is 0 Å². The van der Waals surface area contributed by atoms with Crippen molar-refractivity contribution < 1.29 is 4.39 Å². The molecule has 3 nitrogen and oxygen atoms in total. The Balaban J connectivity index is 2.01. The first kappa shape index (κ1) is 15.1. The standard InChI is InChI=1S/C19H15ClFN3/c1-2-18-22-10-13-11-23-19(14-5-3-4-6-16(14)21)15-9-12(20)7-8-17(15)24(13)18/h3-10H,2,11H2,1H3. The van der Waals surface area contributed by atoms with Crippen molar-refractivity contribution in [3.8, 4) is 5.69 Å². The van der Waals surface area contributed by atoms with Crippen molar-refractivity contribution in [2.45, 2.75) is 19.9 Å². The van der Waals surface area contributed by atoms with Crippen molar-refractivity contribution in [1.29, 1.82) is 0 Å². The Bertz CT molecular complexity index is 959. The molecule has 5 heteroatoms. The summed E-state index contributed by atoms with van der Waals surface area (Å²) in [5, 5.41) is 0.597. The Morgan fingerprint density at radius 2 is 2.00 bits per heavy atom. The predicted molar refractivity (Wildman–Crippen MR) is 93.7 cm³/mol. The molecule has 0 spiro atoms. The minimum Gasteiger partial charge on any atom is -0.298 e. The minimum absolute atomic E-state index is 0.289. The number of imidazole rings is 1. The third kappa shape index (κ3) is 2.34. The van der Waals surface area contributed by atoms with Gasteiger partial charge in [0.05, 0.1) is 29.8 Å². The smallest absolute Gasteiger partial charge is 0.132 e. The van der Waals surface area contributed by atoms with Gasteiger partial charge >= 0.3 is 0 Å². The van der Waals surface area contributed by atoms with Gasteiger partial charge in [-0.1, -0.05) is 30.7 Å². The molecule has 1 aliphatic rings. The van der Waals surface area contributed by atoms with E-state index in [1.54, 1.807) is 12.1 Å². The first-order valence-corrected chi connectivity index (χ1v) is 8.22. The van der Waals surface area contributed by atoms with E-state index >= 15 is 0 Å². The second-order valence-corrected chi connectivity index (χ2v) is 6.10. The summed E-state index contributed by atoms with van der Waals surface area (Å²) >= 11 is 6.22. The molecule has 0 saturated carbocycles. The van der Waals surface area contributed by atoms with Gasteiger partial charge in [-0.25, -0.2) is 9.37 Å². The SMILES string of the molecule is CCc1ncc2n1-c1ccc(Cl)cc1C(c1ccccc1F)=NC2. The second kappa shape index (κ2) is 5.87. The van der Waals surface area contributed by atoms with Gasteiger partial charge in [-0.05, 0) is 30.3 Å². The van der Waals surface area contributed by atoms with Crippen LogP contribution in [0.2, 0.25) is 5.02 Å². The lowest BCUT2D eigenvalue weighted by atomic mass is 10.00. The summed E-state index contributed by atoms with van der Waals surface area (Å²) in [4.78, 5) is 9.16. The Hall–Kier alpha value is -2.46. The van der Waals surface area contributed by atoms with Gasteiger partial charge in [0.2, 0.25) is 0 Å². The number of aliphatic imine (C=N–C) groups is 1. The van der Waals surface area contributed by atoms with E-state index in [-0.39, 0.29) is 5.82 Å². The van der Waals surface area contributed by atoms with Crippen LogP contribution in [0.15, 0.2) is 53.7 Å². The maximum absolute atomic E-state index is 14.4. The highest BCUT2D eigenvalue weighted by atomic mass is 35.5. The van der Waals surface area contributed by atoms with Crippen LogP contribution < -0.4 is 0 Å². The fourth-order valence-corrected chi connectivity index (χ4v) is 3.28. The second-order valence-electron chi connectivity index (χ2n) is 5.66. The normalized spacial score (nSPS) is 13.0. The average Bonchev–Trinajstić information content (AvgIpc) is 2.93. The van der Waals surface area contributed by atoms with Gasteiger partial charge in [0, 0.05) is 22.6 Å². The largest absolute Gasteiger partial charge is 0.298 e. The molecule has 0 radical (unpaired) electrons. The van der Waals surface area contributed by atoms with Crippen LogP contribution in [0.1, 0.15) is 29.6 Å². The van der Waals surface area contributed by atoms with Crippen molar-refractivity contribution in [1.82, 2.24) is 9.55 Å². The summed E-state index contributed by atoms with van der Waals surface area (Å²) in [6.45, 7) is 2.51. The highest BCUT2D eigenvalue weighted by Gasteiger charge is 2.22. The molecule has 3 aromatic rings. The van der Waals surface area contributed by atoms with Crippen LogP contribution in [0.25, 0.3) is 5.69 Å². The van der Waals surface area contributed by atoms with E-state index in [4.69, 9.17) is 11.6 Å². The molecule has 2 aromatic carbocycles. The maximum Gasteiger partial charge on any atom is 0.132 e. The quantitative estimate of drug-likeness (QED) is 0.672. The van der Waals surface area contributed by atoms with Gasteiger partial charge in [-0.15, -0.1) is 0 Å². The third-order valence-electron chi connectivity index (χ3n) is 4.21. The van der Waals surface area contributed by atoms with E-state index < -0.39 is 0 Å². The van der Waals surface area contributed by atoms with E-state index in [2.05, 4.69) is 21.5 Å². The van der Waals surface area contributed by atoms with Crippen LogP contribution in [0.5, 0.6) is 0 Å². The monoisotopic (exact) mass is 339 g/mol. The topological polar surface area (TPSA) is 30.2 Å².